The van der Waals surface area contributed by atoms with Crippen molar-refractivity contribution in [2.45, 2.75) is 31.7 Å². The van der Waals surface area contributed by atoms with E-state index in [0.29, 0.717) is 12.0 Å². The topological polar surface area (TPSA) is 42.7 Å². The predicted molar refractivity (Wildman–Crippen MR) is 109 cm³/mol. The fourth-order valence-electron chi connectivity index (χ4n) is 3.98. The van der Waals surface area contributed by atoms with Gasteiger partial charge in [-0.05, 0) is 61.7 Å². The largest absolute Gasteiger partial charge is 0.314 e. The number of nitrogens with zero attached hydrogens (tertiary/aromatic N) is 3. The lowest BCUT2D eigenvalue weighted by molar-refractivity contribution is 0.381. The van der Waals surface area contributed by atoms with E-state index < -0.39 is 0 Å². The van der Waals surface area contributed by atoms with E-state index in [1.165, 1.54) is 39.1 Å². The summed E-state index contributed by atoms with van der Waals surface area (Å²) in [7, 11) is 1.96. The normalized spacial score (nSPS) is 20.8. The predicted octanol–water partition coefficient (Wildman–Crippen LogP) is 4.71. The first-order valence-corrected chi connectivity index (χ1v) is 10.0. The molecule has 0 radical (unpaired) electrons. The number of aryl methyl sites for hydroxylation is 1. The van der Waals surface area contributed by atoms with Crippen LogP contribution in [0.3, 0.4) is 0 Å². The Morgan fingerprint density at radius 3 is 2.77 bits per heavy atom. The third kappa shape index (κ3) is 2.81. The summed E-state index contributed by atoms with van der Waals surface area (Å²) >= 11 is 1.87. The number of fused-ring (bicyclic) bond motifs is 2. The first-order chi connectivity index (χ1) is 12.7. The minimum absolute atomic E-state index is 0.586. The van der Waals surface area contributed by atoms with Gasteiger partial charge in [-0.3, -0.25) is 4.68 Å². The van der Waals surface area contributed by atoms with Gasteiger partial charge in [-0.15, -0.1) is 11.3 Å². The van der Waals surface area contributed by atoms with Crippen LogP contribution >= 0.6 is 11.3 Å². The summed E-state index contributed by atoms with van der Waals surface area (Å²) in [5.41, 5.74) is 4.65. The number of nitrogens with one attached hydrogen (secondary N) is 1. The number of thiazole rings is 1. The van der Waals surface area contributed by atoms with E-state index in [-0.39, 0.29) is 0 Å². The van der Waals surface area contributed by atoms with Gasteiger partial charge in [-0.25, -0.2) is 4.98 Å². The lowest BCUT2D eigenvalue weighted by atomic mass is 9.94. The van der Waals surface area contributed by atoms with Crippen molar-refractivity contribution in [2.75, 3.05) is 6.54 Å². The van der Waals surface area contributed by atoms with Crippen LogP contribution in [0.1, 0.15) is 30.7 Å². The molecule has 2 aromatic carbocycles. The molecule has 1 saturated heterocycles. The summed E-state index contributed by atoms with van der Waals surface area (Å²) in [5, 5.41) is 10.5. The van der Waals surface area contributed by atoms with Gasteiger partial charge in [0, 0.05) is 30.6 Å². The van der Waals surface area contributed by atoms with Gasteiger partial charge in [-0.1, -0.05) is 12.1 Å². The Hall–Kier alpha value is -2.24. The maximum absolute atomic E-state index is 4.94. The molecule has 1 aliphatic rings. The molecule has 0 saturated carbocycles. The fraction of sp³-hybridized carbons (Fsp3) is 0.333. The molecule has 0 aliphatic carbocycles. The zero-order valence-corrected chi connectivity index (χ0v) is 15.9. The zero-order chi connectivity index (χ0) is 17.7. The Morgan fingerprint density at radius 2 is 1.92 bits per heavy atom. The number of hydrogen-bond donors (Lipinski definition) is 1. The molecule has 132 valence electrons. The van der Waals surface area contributed by atoms with Gasteiger partial charge in [0.25, 0.3) is 0 Å². The van der Waals surface area contributed by atoms with Crippen LogP contribution in [0, 0.1) is 0 Å². The first-order valence-electron chi connectivity index (χ1n) is 9.23. The molecule has 26 heavy (non-hydrogen) atoms. The molecule has 5 rings (SSSR count). The van der Waals surface area contributed by atoms with Gasteiger partial charge in [0.1, 0.15) is 0 Å². The van der Waals surface area contributed by atoms with Crippen LogP contribution in [0.5, 0.6) is 0 Å². The van der Waals surface area contributed by atoms with Crippen LogP contribution in [-0.2, 0) is 7.05 Å². The van der Waals surface area contributed by atoms with Crippen molar-refractivity contribution in [3.63, 3.8) is 0 Å². The highest BCUT2D eigenvalue weighted by Gasteiger charge is 2.22. The third-order valence-electron chi connectivity index (χ3n) is 5.33. The molecule has 3 heterocycles. The van der Waals surface area contributed by atoms with Crippen LogP contribution in [0.15, 0.2) is 42.6 Å². The molecule has 1 aliphatic heterocycles. The SMILES string of the molecule is CC1CC(c2nc3ccc(-c4ccc5nn(C)cc5c4)cc3s2)CCN1. The second kappa shape index (κ2) is 6.18. The molecular formula is C21H22N4S. The molecule has 1 fully saturated rings. The van der Waals surface area contributed by atoms with E-state index in [4.69, 9.17) is 4.98 Å². The van der Waals surface area contributed by atoms with Crippen molar-refractivity contribution in [1.82, 2.24) is 20.1 Å². The second-order valence-electron chi connectivity index (χ2n) is 7.39. The highest BCUT2D eigenvalue weighted by Crippen LogP contribution is 2.35. The summed E-state index contributed by atoms with van der Waals surface area (Å²) < 4.78 is 3.16. The van der Waals surface area contributed by atoms with Crippen molar-refractivity contribution >= 4 is 32.5 Å². The molecule has 1 N–H and O–H groups in total. The maximum atomic E-state index is 4.94. The fourth-order valence-corrected chi connectivity index (χ4v) is 5.14. The maximum Gasteiger partial charge on any atom is 0.0970 e. The molecule has 2 atom stereocenters. The van der Waals surface area contributed by atoms with E-state index in [1.54, 1.807) is 0 Å². The minimum Gasteiger partial charge on any atom is -0.314 e. The third-order valence-corrected chi connectivity index (χ3v) is 6.51. The highest BCUT2D eigenvalue weighted by molar-refractivity contribution is 7.18. The monoisotopic (exact) mass is 362 g/mol. The Balaban J connectivity index is 1.52. The zero-order valence-electron chi connectivity index (χ0n) is 15.1. The van der Waals surface area contributed by atoms with Crippen LogP contribution in [0.4, 0.5) is 0 Å². The van der Waals surface area contributed by atoms with Crippen molar-refractivity contribution in [1.29, 1.82) is 0 Å². The molecule has 0 bridgehead atoms. The van der Waals surface area contributed by atoms with Gasteiger partial charge < -0.3 is 5.32 Å². The average Bonchev–Trinajstić information content (AvgIpc) is 3.22. The Bertz CT molecular complexity index is 1090. The van der Waals surface area contributed by atoms with E-state index >= 15 is 0 Å². The molecule has 0 amide bonds. The number of aromatic nitrogens is 3. The van der Waals surface area contributed by atoms with Gasteiger partial charge in [0.05, 0.1) is 20.7 Å². The molecule has 4 nitrogen and oxygen atoms in total. The van der Waals surface area contributed by atoms with Gasteiger partial charge >= 0.3 is 0 Å². The average molecular weight is 363 g/mol. The minimum atomic E-state index is 0.586. The van der Waals surface area contributed by atoms with Gasteiger partial charge in [-0.2, -0.15) is 5.10 Å². The molecule has 2 unspecified atom stereocenters. The van der Waals surface area contributed by atoms with E-state index in [0.717, 1.165) is 17.6 Å². The number of rotatable bonds is 2. The lowest BCUT2D eigenvalue weighted by Gasteiger charge is -2.26. The van der Waals surface area contributed by atoms with Gasteiger partial charge in [0.2, 0.25) is 0 Å². The van der Waals surface area contributed by atoms with E-state index in [1.807, 2.05) is 23.1 Å². The van der Waals surface area contributed by atoms with E-state index in [2.05, 4.69) is 59.9 Å². The van der Waals surface area contributed by atoms with E-state index in [9.17, 15) is 0 Å². The molecule has 0 spiro atoms. The second-order valence-corrected chi connectivity index (χ2v) is 8.45. The number of benzene rings is 2. The smallest absolute Gasteiger partial charge is 0.0970 e. The van der Waals surface area contributed by atoms with Crippen LogP contribution < -0.4 is 5.32 Å². The van der Waals surface area contributed by atoms with Crippen molar-refractivity contribution in [2.24, 2.45) is 7.05 Å². The molecule has 2 aromatic heterocycles. The summed E-state index contributed by atoms with van der Waals surface area (Å²) in [6.45, 7) is 3.37. The van der Waals surface area contributed by atoms with Crippen molar-refractivity contribution in [3.05, 3.63) is 47.6 Å². The standard InChI is InChI=1S/C21H22N4S/c1-13-9-16(7-8-22-13)21-23-19-6-4-15(11-20(19)26-21)14-3-5-18-17(10-14)12-25(2)24-18/h3-6,10-13,16,22H,7-9H2,1-2H3. The summed E-state index contributed by atoms with van der Waals surface area (Å²) in [4.78, 5) is 4.94. The highest BCUT2D eigenvalue weighted by atomic mass is 32.1. The Labute approximate surface area is 156 Å². The van der Waals surface area contributed by atoms with Crippen LogP contribution in [-0.4, -0.2) is 27.4 Å². The van der Waals surface area contributed by atoms with Crippen molar-refractivity contribution < 1.29 is 0 Å². The summed E-state index contributed by atoms with van der Waals surface area (Å²) in [5.74, 6) is 0.596. The van der Waals surface area contributed by atoms with Gasteiger partial charge in [0.15, 0.2) is 0 Å². The van der Waals surface area contributed by atoms with Crippen LogP contribution in [0.25, 0.3) is 32.2 Å². The molecular weight excluding hydrogens is 340 g/mol. The Kier molecular flexibility index (Phi) is 3.80. The van der Waals surface area contributed by atoms with Crippen molar-refractivity contribution in [3.8, 4) is 11.1 Å². The quantitative estimate of drug-likeness (QED) is 0.562. The summed E-state index contributed by atoms with van der Waals surface area (Å²) in [6, 6.07) is 13.7. The lowest BCUT2D eigenvalue weighted by Crippen LogP contribution is -2.34. The first kappa shape index (κ1) is 16.0. The number of hydrogen-bond acceptors (Lipinski definition) is 4. The Morgan fingerprint density at radius 1 is 1.12 bits per heavy atom. The number of piperidine rings is 1. The summed E-state index contributed by atoms with van der Waals surface area (Å²) in [6.07, 6.45) is 4.44. The van der Waals surface area contributed by atoms with Crippen LogP contribution in [0.2, 0.25) is 0 Å². The molecule has 5 heteroatoms. The molecule has 4 aromatic rings.